The normalized spacial score (nSPS) is 24.5. The largest absolute Gasteiger partial charge is 0.480 e. The summed E-state index contributed by atoms with van der Waals surface area (Å²) in [5.41, 5.74) is 0.166. The van der Waals surface area contributed by atoms with Crippen molar-refractivity contribution in [2.75, 3.05) is 26.2 Å². The maximum absolute atomic E-state index is 12.7. The van der Waals surface area contributed by atoms with Crippen LogP contribution in [0.4, 0.5) is 0 Å². The number of piperidine rings is 1. The van der Waals surface area contributed by atoms with E-state index in [2.05, 4.69) is 27.7 Å². The fourth-order valence-corrected chi connectivity index (χ4v) is 4.12. The van der Waals surface area contributed by atoms with Gasteiger partial charge in [0.05, 0.1) is 6.54 Å². The second kappa shape index (κ2) is 5.84. The molecule has 0 unspecified atom stereocenters. The van der Waals surface area contributed by atoms with Gasteiger partial charge in [-0.2, -0.15) is 0 Å². The number of rotatable bonds is 5. The van der Waals surface area contributed by atoms with Gasteiger partial charge in [0.15, 0.2) is 0 Å². The number of likely N-dealkylation sites (N-methyl/N-ethyl adjacent to an activating group) is 1. The fourth-order valence-electron chi connectivity index (χ4n) is 4.12. The number of aliphatic carboxylic acids is 1. The minimum atomic E-state index is -0.776. The minimum Gasteiger partial charge on any atom is -0.480 e. The predicted octanol–water partition coefficient (Wildman–Crippen LogP) is 2.07. The van der Waals surface area contributed by atoms with Crippen molar-refractivity contribution in [1.82, 2.24) is 9.80 Å². The third-order valence-electron chi connectivity index (χ3n) is 6.30. The molecule has 1 saturated heterocycles. The lowest BCUT2D eigenvalue weighted by molar-refractivity contribution is -0.140. The van der Waals surface area contributed by atoms with Gasteiger partial charge in [-0.3, -0.25) is 14.5 Å². The van der Waals surface area contributed by atoms with Gasteiger partial charge in [0, 0.05) is 25.0 Å². The molecule has 22 heavy (non-hydrogen) atoms. The Morgan fingerprint density at radius 1 is 1.14 bits per heavy atom. The molecule has 0 radical (unpaired) electrons. The van der Waals surface area contributed by atoms with E-state index in [0.29, 0.717) is 0 Å². The molecule has 0 aromatic carbocycles. The zero-order valence-electron chi connectivity index (χ0n) is 14.6. The SMILES string of the molecule is CCN(CC(=O)O)C1CCN(C(=O)C2C(C)(C)C2(C)C)CC1. The van der Waals surface area contributed by atoms with Gasteiger partial charge in [-0.05, 0) is 30.2 Å². The van der Waals surface area contributed by atoms with Gasteiger partial charge >= 0.3 is 5.97 Å². The van der Waals surface area contributed by atoms with Crippen molar-refractivity contribution in [2.45, 2.75) is 53.5 Å². The second-order valence-corrected chi connectivity index (χ2v) is 7.89. The van der Waals surface area contributed by atoms with E-state index >= 15 is 0 Å². The number of carboxylic acid groups (broad SMARTS) is 1. The topological polar surface area (TPSA) is 60.9 Å². The van der Waals surface area contributed by atoms with E-state index < -0.39 is 5.97 Å². The molecular formula is C17H30N2O3. The van der Waals surface area contributed by atoms with Crippen LogP contribution in [0.3, 0.4) is 0 Å². The van der Waals surface area contributed by atoms with Gasteiger partial charge in [0.25, 0.3) is 0 Å². The van der Waals surface area contributed by atoms with Crippen LogP contribution in [0.15, 0.2) is 0 Å². The molecule has 1 saturated carbocycles. The van der Waals surface area contributed by atoms with Crippen LogP contribution in [0.5, 0.6) is 0 Å². The van der Waals surface area contributed by atoms with Crippen LogP contribution in [-0.4, -0.2) is 59.0 Å². The third-order valence-corrected chi connectivity index (χ3v) is 6.30. The molecule has 5 heteroatoms. The van der Waals surface area contributed by atoms with Gasteiger partial charge in [-0.15, -0.1) is 0 Å². The van der Waals surface area contributed by atoms with Crippen molar-refractivity contribution in [3.05, 3.63) is 0 Å². The van der Waals surface area contributed by atoms with E-state index in [9.17, 15) is 9.59 Å². The Hall–Kier alpha value is -1.10. The highest BCUT2D eigenvalue weighted by Crippen LogP contribution is 2.68. The molecule has 1 aliphatic heterocycles. The summed E-state index contributed by atoms with van der Waals surface area (Å²) < 4.78 is 0. The molecule has 1 N–H and O–H groups in total. The van der Waals surface area contributed by atoms with E-state index in [4.69, 9.17) is 5.11 Å². The highest BCUT2D eigenvalue weighted by molar-refractivity contribution is 5.84. The molecule has 0 spiro atoms. The van der Waals surface area contributed by atoms with Crippen molar-refractivity contribution in [3.63, 3.8) is 0 Å². The summed E-state index contributed by atoms with van der Waals surface area (Å²) in [6.45, 7) is 13.0. The average Bonchev–Trinajstić information content (AvgIpc) is 2.85. The van der Waals surface area contributed by atoms with Crippen LogP contribution < -0.4 is 0 Å². The highest BCUT2D eigenvalue weighted by Gasteiger charge is 2.68. The number of carbonyl (C=O) groups excluding carboxylic acids is 1. The first kappa shape index (κ1) is 17.3. The van der Waals surface area contributed by atoms with E-state index in [1.165, 1.54) is 0 Å². The van der Waals surface area contributed by atoms with Crippen LogP contribution in [0, 0.1) is 16.7 Å². The Bertz CT molecular complexity index is 437. The molecule has 5 nitrogen and oxygen atoms in total. The van der Waals surface area contributed by atoms with Gasteiger partial charge in [-0.1, -0.05) is 34.6 Å². The molecular weight excluding hydrogens is 280 g/mol. The van der Waals surface area contributed by atoms with Crippen molar-refractivity contribution < 1.29 is 14.7 Å². The molecule has 1 aliphatic carbocycles. The summed E-state index contributed by atoms with van der Waals surface area (Å²) in [7, 11) is 0. The van der Waals surface area contributed by atoms with E-state index in [-0.39, 0.29) is 35.2 Å². The zero-order chi connectivity index (χ0) is 16.7. The van der Waals surface area contributed by atoms with Crippen LogP contribution >= 0.6 is 0 Å². The molecule has 0 atom stereocenters. The smallest absolute Gasteiger partial charge is 0.317 e. The van der Waals surface area contributed by atoms with Crippen molar-refractivity contribution in [1.29, 1.82) is 0 Å². The minimum absolute atomic E-state index is 0.0830. The summed E-state index contributed by atoms with van der Waals surface area (Å²) >= 11 is 0. The number of nitrogens with zero attached hydrogens (tertiary/aromatic N) is 2. The molecule has 2 rings (SSSR count). The number of likely N-dealkylation sites (tertiary alicyclic amines) is 1. The molecule has 1 heterocycles. The first-order valence-electron chi connectivity index (χ1n) is 8.37. The second-order valence-electron chi connectivity index (χ2n) is 7.89. The van der Waals surface area contributed by atoms with Crippen LogP contribution in [0.2, 0.25) is 0 Å². The van der Waals surface area contributed by atoms with Crippen molar-refractivity contribution >= 4 is 11.9 Å². The maximum Gasteiger partial charge on any atom is 0.317 e. The lowest BCUT2D eigenvalue weighted by Crippen LogP contribution is -2.48. The molecule has 2 fully saturated rings. The summed E-state index contributed by atoms with van der Waals surface area (Å²) in [5, 5.41) is 8.98. The fraction of sp³-hybridized carbons (Fsp3) is 0.882. The summed E-state index contributed by atoms with van der Waals surface area (Å²) in [6, 6.07) is 0.283. The monoisotopic (exact) mass is 310 g/mol. The first-order chi connectivity index (χ1) is 10.1. The van der Waals surface area contributed by atoms with Crippen LogP contribution in [-0.2, 0) is 9.59 Å². The standard InChI is InChI=1S/C17H30N2O3/c1-6-18(11-13(20)21)12-7-9-19(10-8-12)15(22)14-16(2,3)17(14,4)5/h12,14H,6-11H2,1-5H3,(H,20,21). The summed E-state index contributed by atoms with van der Waals surface area (Å²) in [4.78, 5) is 27.7. The molecule has 2 aliphatic rings. The number of hydrogen-bond acceptors (Lipinski definition) is 3. The lowest BCUT2D eigenvalue weighted by atomic mass is 10.0. The molecule has 1 amide bonds. The van der Waals surface area contributed by atoms with E-state index in [1.807, 2.05) is 16.7 Å². The Morgan fingerprint density at radius 3 is 2.00 bits per heavy atom. The maximum atomic E-state index is 12.7. The Balaban J connectivity index is 1.90. The molecule has 0 aromatic rings. The van der Waals surface area contributed by atoms with Gasteiger partial charge in [0.1, 0.15) is 0 Å². The van der Waals surface area contributed by atoms with E-state index in [0.717, 1.165) is 32.5 Å². The van der Waals surface area contributed by atoms with Gasteiger partial charge < -0.3 is 10.0 Å². The van der Waals surface area contributed by atoms with Crippen LogP contribution in [0.25, 0.3) is 0 Å². The van der Waals surface area contributed by atoms with Crippen molar-refractivity contribution in [2.24, 2.45) is 16.7 Å². The van der Waals surface area contributed by atoms with E-state index in [1.54, 1.807) is 0 Å². The first-order valence-corrected chi connectivity index (χ1v) is 8.37. The Morgan fingerprint density at radius 2 is 1.64 bits per heavy atom. The number of amides is 1. The summed E-state index contributed by atoms with van der Waals surface area (Å²) in [6.07, 6.45) is 1.75. The highest BCUT2D eigenvalue weighted by atomic mass is 16.4. The number of hydrogen-bond donors (Lipinski definition) is 1. The summed E-state index contributed by atoms with van der Waals surface area (Å²) in [5.74, 6) is -0.366. The van der Waals surface area contributed by atoms with Crippen molar-refractivity contribution in [3.8, 4) is 0 Å². The van der Waals surface area contributed by atoms with Crippen LogP contribution in [0.1, 0.15) is 47.5 Å². The third kappa shape index (κ3) is 2.87. The quantitative estimate of drug-likeness (QED) is 0.844. The van der Waals surface area contributed by atoms with Gasteiger partial charge in [0.2, 0.25) is 5.91 Å². The Kier molecular flexibility index (Phi) is 4.58. The average molecular weight is 310 g/mol. The molecule has 0 aromatic heterocycles. The molecule has 0 bridgehead atoms. The zero-order valence-corrected chi connectivity index (χ0v) is 14.6. The Labute approximate surface area is 133 Å². The molecule has 126 valence electrons. The van der Waals surface area contributed by atoms with Gasteiger partial charge in [-0.25, -0.2) is 0 Å². The lowest BCUT2D eigenvalue weighted by Gasteiger charge is -2.37. The predicted molar refractivity (Wildman–Crippen MR) is 85.5 cm³/mol. The number of carboxylic acids is 1. The number of carbonyl (C=O) groups is 2.